The first-order valence-electron chi connectivity index (χ1n) is 7.71. The molecule has 0 aromatic heterocycles. The molecule has 2 rings (SSSR count). The number of sulfonamides is 1. The number of benzene rings is 2. The summed E-state index contributed by atoms with van der Waals surface area (Å²) in [6, 6.07) is 11.1. The molecule has 0 atom stereocenters. The fourth-order valence-electron chi connectivity index (χ4n) is 2.04. The van der Waals surface area contributed by atoms with Gasteiger partial charge in [0.1, 0.15) is 12.4 Å². The van der Waals surface area contributed by atoms with Gasteiger partial charge < -0.3 is 4.74 Å². The van der Waals surface area contributed by atoms with E-state index in [9.17, 15) is 17.6 Å². The van der Waals surface area contributed by atoms with E-state index in [0.717, 1.165) is 0 Å². The molecule has 0 aliphatic rings. The third-order valence-corrected chi connectivity index (χ3v) is 5.79. The van der Waals surface area contributed by atoms with Gasteiger partial charge in [0.05, 0.1) is 10.5 Å². The van der Waals surface area contributed by atoms with Gasteiger partial charge in [-0.25, -0.2) is 17.6 Å². The molecule has 0 aliphatic carbocycles. The lowest BCUT2D eigenvalue weighted by Crippen LogP contribution is -2.33. The first kappa shape index (κ1) is 19.1. The smallest absolute Gasteiger partial charge is 0.338 e. The van der Waals surface area contributed by atoms with Gasteiger partial charge in [-0.2, -0.15) is 4.31 Å². The molecule has 0 spiro atoms. The number of hydrogen-bond donors (Lipinski definition) is 0. The minimum absolute atomic E-state index is 0.0258. The topological polar surface area (TPSA) is 63.7 Å². The van der Waals surface area contributed by atoms with Crippen molar-refractivity contribution < 1.29 is 22.3 Å². The Hall–Kier alpha value is -2.25. The van der Waals surface area contributed by atoms with Crippen molar-refractivity contribution in [3.63, 3.8) is 0 Å². The highest BCUT2D eigenvalue weighted by molar-refractivity contribution is 7.89. The predicted molar refractivity (Wildman–Crippen MR) is 92.0 cm³/mol. The van der Waals surface area contributed by atoms with E-state index in [4.69, 9.17) is 4.74 Å². The Morgan fingerprint density at radius 1 is 1.16 bits per heavy atom. The summed E-state index contributed by atoms with van der Waals surface area (Å²) in [5.41, 5.74) is 0.776. The minimum Gasteiger partial charge on any atom is -0.457 e. The van der Waals surface area contributed by atoms with Crippen LogP contribution in [0.1, 0.15) is 29.8 Å². The van der Waals surface area contributed by atoms with Crippen molar-refractivity contribution in [2.24, 2.45) is 0 Å². The average molecular weight is 365 g/mol. The number of nitrogens with zero attached hydrogens (tertiary/aromatic N) is 1. The molecule has 134 valence electrons. The SMILES string of the molecule is CC(C)N(C)S(=O)(=O)c1cccc(C(=O)OCc2ccc(F)cc2)c1. The highest BCUT2D eigenvalue weighted by atomic mass is 32.2. The number of ether oxygens (including phenoxy) is 1. The van der Waals surface area contributed by atoms with Gasteiger partial charge in [-0.05, 0) is 49.7 Å². The molecule has 0 bridgehead atoms. The molecule has 0 radical (unpaired) electrons. The fraction of sp³-hybridized carbons (Fsp3) is 0.278. The second-order valence-corrected chi connectivity index (χ2v) is 7.84. The van der Waals surface area contributed by atoms with Gasteiger partial charge >= 0.3 is 5.97 Å². The van der Waals surface area contributed by atoms with Crippen LogP contribution in [0.3, 0.4) is 0 Å². The maximum Gasteiger partial charge on any atom is 0.338 e. The van der Waals surface area contributed by atoms with E-state index in [1.807, 2.05) is 0 Å². The second-order valence-electron chi connectivity index (χ2n) is 5.85. The van der Waals surface area contributed by atoms with Crippen LogP contribution in [0.4, 0.5) is 4.39 Å². The fourth-order valence-corrected chi connectivity index (χ4v) is 3.45. The number of hydrogen-bond acceptors (Lipinski definition) is 4. The van der Waals surface area contributed by atoms with Crippen LogP contribution in [0.2, 0.25) is 0 Å². The van der Waals surface area contributed by atoms with Gasteiger partial charge in [0.2, 0.25) is 10.0 Å². The van der Waals surface area contributed by atoms with Crippen LogP contribution in [-0.2, 0) is 21.4 Å². The molecule has 0 heterocycles. The third kappa shape index (κ3) is 4.64. The lowest BCUT2D eigenvalue weighted by molar-refractivity contribution is 0.0472. The molecule has 7 heteroatoms. The van der Waals surface area contributed by atoms with Crippen molar-refractivity contribution in [3.8, 4) is 0 Å². The summed E-state index contributed by atoms with van der Waals surface area (Å²) in [4.78, 5) is 12.2. The third-order valence-electron chi connectivity index (χ3n) is 3.76. The first-order chi connectivity index (χ1) is 11.7. The molecule has 25 heavy (non-hydrogen) atoms. The van der Waals surface area contributed by atoms with Crippen LogP contribution < -0.4 is 0 Å². The van der Waals surface area contributed by atoms with Crippen molar-refractivity contribution in [2.75, 3.05) is 7.05 Å². The van der Waals surface area contributed by atoms with Gasteiger partial charge in [-0.1, -0.05) is 18.2 Å². The molecule has 2 aromatic carbocycles. The Labute approximate surface area is 147 Å². The van der Waals surface area contributed by atoms with Gasteiger partial charge in [-0.15, -0.1) is 0 Å². The summed E-state index contributed by atoms with van der Waals surface area (Å²) in [7, 11) is -2.20. The Kier molecular flexibility index (Phi) is 5.92. The summed E-state index contributed by atoms with van der Waals surface area (Å²) in [5, 5.41) is 0. The zero-order valence-corrected chi connectivity index (χ0v) is 15.1. The summed E-state index contributed by atoms with van der Waals surface area (Å²) in [6.45, 7) is 3.50. The zero-order chi connectivity index (χ0) is 18.6. The van der Waals surface area contributed by atoms with Crippen LogP contribution in [0, 0.1) is 5.82 Å². The lowest BCUT2D eigenvalue weighted by atomic mass is 10.2. The monoisotopic (exact) mass is 365 g/mol. The number of carbonyl (C=O) groups is 1. The molecular formula is C18H20FNO4S. The molecule has 5 nitrogen and oxygen atoms in total. The van der Waals surface area contributed by atoms with E-state index in [0.29, 0.717) is 5.56 Å². The van der Waals surface area contributed by atoms with Crippen molar-refractivity contribution >= 4 is 16.0 Å². The number of rotatable bonds is 6. The summed E-state index contributed by atoms with van der Waals surface area (Å²) in [5.74, 6) is -1.02. The van der Waals surface area contributed by atoms with Crippen molar-refractivity contribution in [1.82, 2.24) is 4.31 Å². The second kappa shape index (κ2) is 7.76. The van der Waals surface area contributed by atoms with Crippen LogP contribution in [0.25, 0.3) is 0 Å². The molecule has 0 aliphatic heterocycles. The summed E-state index contributed by atoms with van der Waals surface area (Å²) < 4.78 is 44.2. The van der Waals surface area contributed by atoms with Gasteiger partial charge in [-0.3, -0.25) is 0 Å². The lowest BCUT2D eigenvalue weighted by Gasteiger charge is -2.21. The largest absolute Gasteiger partial charge is 0.457 e. The molecule has 0 saturated carbocycles. The Balaban J connectivity index is 2.15. The minimum atomic E-state index is -3.68. The summed E-state index contributed by atoms with van der Waals surface area (Å²) in [6.07, 6.45) is 0. The molecule has 0 fully saturated rings. The van der Waals surface area contributed by atoms with Gasteiger partial charge in [0.15, 0.2) is 0 Å². The zero-order valence-electron chi connectivity index (χ0n) is 14.3. The van der Waals surface area contributed by atoms with E-state index in [2.05, 4.69) is 0 Å². The van der Waals surface area contributed by atoms with Crippen molar-refractivity contribution in [1.29, 1.82) is 0 Å². The van der Waals surface area contributed by atoms with Crippen LogP contribution in [0.5, 0.6) is 0 Å². The summed E-state index contributed by atoms with van der Waals surface area (Å²) >= 11 is 0. The standard InChI is InChI=1S/C18H20FNO4S/c1-13(2)20(3)25(22,23)17-6-4-5-15(11-17)18(21)24-12-14-7-9-16(19)10-8-14/h4-11,13H,12H2,1-3H3. The Morgan fingerprint density at radius 2 is 1.80 bits per heavy atom. The van der Waals surface area contributed by atoms with E-state index in [-0.39, 0.29) is 28.9 Å². The average Bonchev–Trinajstić information content (AvgIpc) is 2.60. The quantitative estimate of drug-likeness (QED) is 0.738. The molecule has 0 amide bonds. The molecular weight excluding hydrogens is 345 g/mol. The number of halogens is 1. The van der Waals surface area contributed by atoms with Crippen molar-refractivity contribution in [2.45, 2.75) is 31.4 Å². The Bertz CT molecular complexity index is 848. The first-order valence-corrected chi connectivity index (χ1v) is 9.15. The van der Waals surface area contributed by atoms with Crippen LogP contribution in [-0.4, -0.2) is 31.8 Å². The molecule has 2 aromatic rings. The van der Waals surface area contributed by atoms with Crippen molar-refractivity contribution in [3.05, 3.63) is 65.5 Å². The molecule has 0 unspecified atom stereocenters. The maximum atomic E-state index is 12.9. The normalized spacial score (nSPS) is 11.8. The van der Waals surface area contributed by atoms with Gasteiger partial charge in [0, 0.05) is 13.1 Å². The molecule has 0 N–H and O–H groups in total. The highest BCUT2D eigenvalue weighted by Crippen LogP contribution is 2.18. The van der Waals surface area contributed by atoms with Crippen LogP contribution in [0.15, 0.2) is 53.4 Å². The Morgan fingerprint density at radius 3 is 2.40 bits per heavy atom. The van der Waals surface area contributed by atoms with E-state index >= 15 is 0 Å². The molecule has 0 saturated heterocycles. The highest BCUT2D eigenvalue weighted by Gasteiger charge is 2.24. The predicted octanol–water partition coefficient (Wildman–Crippen LogP) is 3.21. The van der Waals surface area contributed by atoms with Crippen LogP contribution >= 0.6 is 0 Å². The van der Waals surface area contributed by atoms with E-state index in [1.165, 1.54) is 59.9 Å². The maximum absolute atomic E-state index is 12.9. The van der Waals surface area contributed by atoms with E-state index in [1.54, 1.807) is 13.8 Å². The van der Waals surface area contributed by atoms with Gasteiger partial charge in [0.25, 0.3) is 0 Å². The number of esters is 1. The number of carbonyl (C=O) groups excluding carboxylic acids is 1. The van der Waals surface area contributed by atoms with E-state index < -0.39 is 16.0 Å².